The van der Waals surface area contributed by atoms with Gasteiger partial charge in [0.15, 0.2) is 6.04 Å². The number of carbonyl (C=O) groups is 1. The Balaban J connectivity index is 2.14. The Hall–Kier alpha value is -1.55. The number of anilines is 1. The first-order valence-corrected chi connectivity index (χ1v) is 9.04. The molecule has 4 heteroatoms. The summed E-state index contributed by atoms with van der Waals surface area (Å²) < 4.78 is 5.89. The molecule has 0 fully saturated rings. The average molecular weight is 319 g/mol. The van der Waals surface area contributed by atoms with Crippen LogP contribution in [-0.4, -0.2) is 31.1 Å². The minimum absolute atomic E-state index is 0.0135. The molecule has 1 aromatic carbocycles. The Labute approximate surface area is 140 Å². The number of hydrogen-bond acceptors (Lipinski definition) is 2. The van der Waals surface area contributed by atoms with E-state index in [9.17, 15) is 4.79 Å². The van der Waals surface area contributed by atoms with E-state index in [1.165, 1.54) is 10.5 Å². The van der Waals surface area contributed by atoms with Gasteiger partial charge in [0, 0.05) is 12.8 Å². The molecule has 0 saturated carbocycles. The molecule has 23 heavy (non-hydrogen) atoms. The van der Waals surface area contributed by atoms with E-state index >= 15 is 0 Å². The third-order valence-corrected chi connectivity index (χ3v) is 4.74. The van der Waals surface area contributed by atoms with Gasteiger partial charge in [-0.2, -0.15) is 0 Å². The second-order valence-corrected chi connectivity index (χ2v) is 6.48. The van der Waals surface area contributed by atoms with Crippen LogP contribution < -0.4 is 15.0 Å². The molecule has 1 aromatic rings. The number of benzene rings is 1. The predicted octanol–water partition coefficient (Wildman–Crippen LogP) is 2.43. The van der Waals surface area contributed by atoms with Gasteiger partial charge in [-0.05, 0) is 38.8 Å². The van der Waals surface area contributed by atoms with E-state index in [0.717, 1.165) is 50.2 Å². The maximum Gasteiger partial charge on any atom is 0.282 e. The number of para-hydroxylation sites is 1. The Kier molecular flexibility index (Phi) is 6.46. The molecule has 0 bridgehead atoms. The molecule has 2 N–H and O–H groups in total. The summed E-state index contributed by atoms with van der Waals surface area (Å²) in [7, 11) is 0. The highest BCUT2D eigenvalue weighted by Gasteiger charge is 2.29. The number of likely N-dealkylation sites (N-methyl/N-ethyl adjacent to an activating group) is 1. The molecule has 0 spiro atoms. The molecule has 0 unspecified atom stereocenters. The molecular formula is C19H31N2O2+. The summed E-state index contributed by atoms with van der Waals surface area (Å²) in [5.74, 6) is 0.978. The molecule has 1 aliphatic heterocycles. The summed E-state index contributed by atoms with van der Waals surface area (Å²) in [6.07, 6.45) is 4.24. The number of amides is 1. The van der Waals surface area contributed by atoms with Crippen molar-refractivity contribution in [2.45, 2.75) is 65.5 Å². The fourth-order valence-electron chi connectivity index (χ4n) is 3.43. The number of carbonyl (C=O) groups excluding carboxylic acids is 1. The van der Waals surface area contributed by atoms with Crippen molar-refractivity contribution in [2.24, 2.45) is 0 Å². The molecule has 0 aliphatic carbocycles. The van der Waals surface area contributed by atoms with Crippen molar-refractivity contribution in [2.75, 3.05) is 18.4 Å². The number of fused-ring (bicyclic) bond motifs is 1. The highest BCUT2D eigenvalue weighted by molar-refractivity contribution is 5.95. The zero-order valence-electron chi connectivity index (χ0n) is 14.9. The first-order valence-electron chi connectivity index (χ1n) is 9.04. The molecular weight excluding hydrogens is 288 g/mol. The first-order chi connectivity index (χ1) is 11.1. The number of quaternary nitrogens is 1. The van der Waals surface area contributed by atoms with E-state index in [2.05, 4.69) is 39.1 Å². The van der Waals surface area contributed by atoms with Gasteiger partial charge in [-0.1, -0.05) is 25.5 Å². The lowest BCUT2D eigenvalue weighted by Gasteiger charge is -2.26. The molecule has 4 nitrogen and oxygen atoms in total. The van der Waals surface area contributed by atoms with E-state index in [1.807, 2.05) is 12.1 Å². The van der Waals surface area contributed by atoms with E-state index in [-0.39, 0.29) is 18.1 Å². The van der Waals surface area contributed by atoms with Crippen LogP contribution in [0.2, 0.25) is 0 Å². The molecule has 128 valence electrons. The van der Waals surface area contributed by atoms with Crippen molar-refractivity contribution in [1.82, 2.24) is 0 Å². The minimum atomic E-state index is 0.0135. The summed E-state index contributed by atoms with van der Waals surface area (Å²) >= 11 is 0. The van der Waals surface area contributed by atoms with Crippen molar-refractivity contribution >= 4 is 11.6 Å². The number of nitrogens with one attached hydrogen (secondary N) is 2. The molecule has 1 aliphatic rings. The summed E-state index contributed by atoms with van der Waals surface area (Å²) in [6, 6.07) is 6.04. The third-order valence-electron chi connectivity index (χ3n) is 4.74. The summed E-state index contributed by atoms with van der Waals surface area (Å²) in [5.41, 5.74) is 2.01. The molecule has 2 rings (SSSR count). The van der Waals surface area contributed by atoms with Gasteiger partial charge in [-0.25, -0.2) is 0 Å². The van der Waals surface area contributed by atoms with E-state index < -0.39 is 0 Å². The molecule has 2 atom stereocenters. The predicted molar refractivity (Wildman–Crippen MR) is 94.2 cm³/mol. The number of unbranched alkanes of at least 4 members (excludes halogenated alkanes) is 1. The summed E-state index contributed by atoms with van der Waals surface area (Å²) in [4.78, 5) is 14.2. The van der Waals surface area contributed by atoms with Crippen LogP contribution in [0.5, 0.6) is 5.75 Å². The largest absolute Gasteiger partial charge is 0.488 e. The second-order valence-electron chi connectivity index (χ2n) is 6.48. The maximum absolute atomic E-state index is 12.9. The maximum atomic E-state index is 12.9. The van der Waals surface area contributed by atoms with Gasteiger partial charge in [0.25, 0.3) is 5.91 Å². The van der Waals surface area contributed by atoms with Gasteiger partial charge in [-0.3, -0.25) is 4.79 Å². The normalized spacial score (nSPS) is 17.7. The van der Waals surface area contributed by atoms with Gasteiger partial charge in [0.05, 0.1) is 18.8 Å². The van der Waals surface area contributed by atoms with E-state index in [1.54, 1.807) is 0 Å². The van der Waals surface area contributed by atoms with E-state index in [4.69, 9.17) is 4.74 Å². The highest BCUT2D eigenvalue weighted by Crippen LogP contribution is 2.36. The zero-order chi connectivity index (χ0) is 16.8. The molecule has 1 amide bonds. The zero-order valence-corrected chi connectivity index (χ0v) is 14.9. The summed E-state index contributed by atoms with van der Waals surface area (Å²) in [5, 5.41) is 3.14. The Morgan fingerprint density at radius 3 is 2.74 bits per heavy atom. The second kappa shape index (κ2) is 8.34. The van der Waals surface area contributed by atoms with E-state index in [0.29, 0.717) is 0 Å². The number of ether oxygens (including phenoxy) is 1. The third kappa shape index (κ3) is 4.25. The van der Waals surface area contributed by atoms with Crippen molar-refractivity contribution in [3.05, 3.63) is 23.8 Å². The van der Waals surface area contributed by atoms with Crippen LogP contribution in [0.3, 0.4) is 0 Å². The van der Waals surface area contributed by atoms with Crippen molar-refractivity contribution in [1.29, 1.82) is 0 Å². The molecule has 0 radical (unpaired) electrons. The average Bonchev–Trinajstić information content (AvgIpc) is 2.92. The lowest BCUT2D eigenvalue weighted by atomic mass is 10.1. The van der Waals surface area contributed by atoms with Crippen LogP contribution >= 0.6 is 0 Å². The van der Waals surface area contributed by atoms with Crippen LogP contribution in [0.25, 0.3) is 0 Å². The lowest BCUT2D eigenvalue weighted by Crippen LogP contribution is -3.16. The Morgan fingerprint density at radius 1 is 1.35 bits per heavy atom. The number of rotatable bonds is 8. The minimum Gasteiger partial charge on any atom is -0.488 e. The molecule has 1 heterocycles. The lowest BCUT2D eigenvalue weighted by molar-refractivity contribution is -0.912. The first kappa shape index (κ1) is 17.8. The fraction of sp³-hybridized carbons (Fsp3) is 0.632. The van der Waals surface area contributed by atoms with Crippen LogP contribution in [0.4, 0.5) is 5.69 Å². The molecule has 0 saturated heterocycles. The standard InChI is InChI=1S/C19H30N2O2/c1-5-8-12-17(21(6-2)7-3)19(22)20-16-11-9-10-15-13-14(4)23-18(15)16/h9-11,14,17H,5-8,12-13H2,1-4H3,(H,20,22)/p+1/t14-,17+/m0/s1. The van der Waals surface area contributed by atoms with Crippen LogP contribution in [0.1, 0.15) is 52.5 Å². The molecule has 0 aromatic heterocycles. The topological polar surface area (TPSA) is 42.8 Å². The number of hydrogen-bond donors (Lipinski definition) is 2. The summed E-state index contributed by atoms with van der Waals surface area (Å²) in [6.45, 7) is 10.5. The van der Waals surface area contributed by atoms with Crippen LogP contribution in [0, 0.1) is 0 Å². The van der Waals surface area contributed by atoms with Crippen molar-refractivity contribution in [3.63, 3.8) is 0 Å². The van der Waals surface area contributed by atoms with Crippen LogP contribution in [-0.2, 0) is 11.2 Å². The van der Waals surface area contributed by atoms with Gasteiger partial charge in [0.1, 0.15) is 11.9 Å². The quantitative estimate of drug-likeness (QED) is 0.773. The SMILES string of the molecule is CCCC[C@H](C(=O)Nc1cccc2c1O[C@@H](C)C2)[NH+](CC)CC. The van der Waals surface area contributed by atoms with Crippen molar-refractivity contribution < 1.29 is 14.4 Å². The van der Waals surface area contributed by atoms with Gasteiger partial charge in [-0.15, -0.1) is 0 Å². The van der Waals surface area contributed by atoms with Gasteiger partial charge < -0.3 is 15.0 Å². The van der Waals surface area contributed by atoms with Gasteiger partial charge >= 0.3 is 0 Å². The van der Waals surface area contributed by atoms with Gasteiger partial charge in [0.2, 0.25) is 0 Å². The smallest absolute Gasteiger partial charge is 0.282 e. The Morgan fingerprint density at radius 2 is 2.09 bits per heavy atom. The van der Waals surface area contributed by atoms with Crippen molar-refractivity contribution in [3.8, 4) is 5.75 Å². The Bertz CT molecular complexity index is 526. The monoisotopic (exact) mass is 319 g/mol. The fourth-order valence-corrected chi connectivity index (χ4v) is 3.43. The highest BCUT2D eigenvalue weighted by atomic mass is 16.5. The van der Waals surface area contributed by atoms with Crippen LogP contribution in [0.15, 0.2) is 18.2 Å².